The monoisotopic (exact) mass is 327 g/mol. The van der Waals surface area contributed by atoms with Gasteiger partial charge in [0.2, 0.25) is 0 Å². The van der Waals surface area contributed by atoms with Crippen molar-refractivity contribution in [2.75, 3.05) is 33.9 Å². The molecule has 1 aliphatic carbocycles. The minimum Gasteiger partial charge on any atom is -0.469 e. The molecule has 0 bridgehead atoms. The zero-order valence-corrected chi connectivity index (χ0v) is 14.7. The molecule has 1 aliphatic rings. The van der Waals surface area contributed by atoms with Crippen LogP contribution in [-0.4, -0.2) is 51.9 Å². The SMILES string of the molecule is CN=C(NCCCCC(=O)OC)NCCCOC1CCCCC1. The first-order valence-electron chi connectivity index (χ1n) is 8.89. The molecule has 0 saturated heterocycles. The summed E-state index contributed by atoms with van der Waals surface area (Å²) in [6.07, 6.45) is 10.1. The maximum atomic E-state index is 11.0. The first-order chi connectivity index (χ1) is 11.3. The van der Waals surface area contributed by atoms with Crippen LogP contribution in [0.3, 0.4) is 0 Å². The molecule has 0 radical (unpaired) electrons. The molecule has 0 heterocycles. The zero-order valence-electron chi connectivity index (χ0n) is 14.7. The summed E-state index contributed by atoms with van der Waals surface area (Å²) >= 11 is 0. The van der Waals surface area contributed by atoms with E-state index >= 15 is 0 Å². The number of carbonyl (C=O) groups excluding carboxylic acids is 1. The minimum atomic E-state index is -0.148. The fraction of sp³-hybridized carbons (Fsp3) is 0.882. The van der Waals surface area contributed by atoms with Crippen LogP contribution in [0.5, 0.6) is 0 Å². The van der Waals surface area contributed by atoms with Gasteiger partial charge in [-0.3, -0.25) is 9.79 Å². The first kappa shape index (κ1) is 19.7. The Bertz CT molecular complexity index is 342. The van der Waals surface area contributed by atoms with E-state index in [0.717, 1.165) is 44.9 Å². The molecule has 0 aromatic rings. The molecular formula is C17H33N3O3. The summed E-state index contributed by atoms with van der Waals surface area (Å²) < 4.78 is 10.5. The van der Waals surface area contributed by atoms with Crippen molar-refractivity contribution in [2.45, 2.75) is 63.9 Å². The van der Waals surface area contributed by atoms with E-state index in [0.29, 0.717) is 12.5 Å². The van der Waals surface area contributed by atoms with Crippen molar-refractivity contribution in [1.29, 1.82) is 0 Å². The van der Waals surface area contributed by atoms with Crippen LogP contribution in [-0.2, 0) is 14.3 Å². The van der Waals surface area contributed by atoms with Crippen molar-refractivity contribution in [1.82, 2.24) is 10.6 Å². The fourth-order valence-corrected chi connectivity index (χ4v) is 2.68. The van der Waals surface area contributed by atoms with Crippen molar-refractivity contribution < 1.29 is 14.3 Å². The molecular weight excluding hydrogens is 294 g/mol. The van der Waals surface area contributed by atoms with Gasteiger partial charge < -0.3 is 20.1 Å². The van der Waals surface area contributed by atoms with Crippen LogP contribution >= 0.6 is 0 Å². The van der Waals surface area contributed by atoms with Gasteiger partial charge in [-0.25, -0.2) is 0 Å². The van der Waals surface area contributed by atoms with E-state index in [9.17, 15) is 4.79 Å². The van der Waals surface area contributed by atoms with Crippen molar-refractivity contribution in [3.05, 3.63) is 0 Å². The van der Waals surface area contributed by atoms with E-state index in [1.54, 1.807) is 7.05 Å². The maximum Gasteiger partial charge on any atom is 0.305 e. The maximum absolute atomic E-state index is 11.0. The number of hydrogen-bond donors (Lipinski definition) is 2. The number of esters is 1. The normalized spacial score (nSPS) is 16.2. The molecule has 1 rings (SSSR count). The highest BCUT2D eigenvalue weighted by Crippen LogP contribution is 2.20. The predicted octanol–water partition coefficient (Wildman–Crippen LogP) is 2.23. The quantitative estimate of drug-likeness (QED) is 0.279. The Morgan fingerprint density at radius 3 is 2.43 bits per heavy atom. The number of carbonyl (C=O) groups is 1. The van der Waals surface area contributed by atoms with Crippen molar-refractivity contribution >= 4 is 11.9 Å². The highest BCUT2D eigenvalue weighted by molar-refractivity contribution is 5.79. The zero-order chi connectivity index (χ0) is 16.8. The Kier molecular flexibility index (Phi) is 11.3. The minimum absolute atomic E-state index is 0.148. The summed E-state index contributed by atoms with van der Waals surface area (Å²) in [4.78, 5) is 15.2. The number of nitrogens with one attached hydrogen (secondary N) is 2. The van der Waals surface area contributed by atoms with Crippen molar-refractivity contribution in [3.63, 3.8) is 0 Å². The van der Waals surface area contributed by atoms with Crippen LogP contribution in [0.1, 0.15) is 57.8 Å². The molecule has 1 saturated carbocycles. The second-order valence-electron chi connectivity index (χ2n) is 5.94. The average molecular weight is 327 g/mol. The highest BCUT2D eigenvalue weighted by atomic mass is 16.5. The number of rotatable bonds is 10. The van der Waals surface area contributed by atoms with Gasteiger partial charge in [0, 0.05) is 33.2 Å². The Labute approximate surface area is 140 Å². The molecule has 6 nitrogen and oxygen atoms in total. The van der Waals surface area contributed by atoms with E-state index in [1.807, 2.05) is 0 Å². The lowest BCUT2D eigenvalue weighted by Crippen LogP contribution is -2.38. The number of nitrogens with zero attached hydrogens (tertiary/aromatic N) is 1. The Balaban J connectivity index is 1.95. The number of aliphatic imine (C=N–C) groups is 1. The van der Waals surface area contributed by atoms with E-state index < -0.39 is 0 Å². The number of unbranched alkanes of at least 4 members (excludes halogenated alkanes) is 1. The van der Waals surface area contributed by atoms with Gasteiger partial charge in [0.05, 0.1) is 13.2 Å². The molecule has 0 atom stereocenters. The molecule has 0 unspecified atom stereocenters. The van der Waals surface area contributed by atoms with Gasteiger partial charge in [-0.15, -0.1) is 0 Å². The summed E-state index contributed by atoms with van der Waals surface area (Å²) in [6, 6.07) is 0. The smallest absolute Gasteiger partial charge is 0.305 e. The number of methoxy groups -OCH3 is 1. The third kappa shape index (κ3) is 10.2. The summed E-state index contributed by atoms with van der Waals surface area (Å²) in [5.41, 5.74) is 0. The number of hydrogen-bond acceptors (Lipinski definition) is 4. The van der Waals surface area contributed by atoms with Gasteiger partial charge >= 0.3 is 5.97 Å². The van der Waals surface area contributed by atoms with Gasteiger partial charge in [0.1, 0.15) is 0 Å². The standard InChI is InChI=1S/C17H33N3O3/c1-18-17(19-12-7-6-11-16(21)22-2)20-13-8-14-23-15-9-4-3-5-10-15/h15H,3-14H2,1-2H3,(H2,18,19,20). The molecule has 0 aromatic heterocycles. The topological polar surface area (TPSA) is 72.0 Å². The van der Waals surface area contributed by atoms with Gasteiger partial charge in [-0.1, -0.05) is 19.3 Å². The first-order valence-corrected chi connectivity index (χ1v) is 8.89. The van der Waals surface area contributed by atoms with E-state index in [1.165, 1.54) is 39.2 Å². The molecule has 2 N–H and O–H groups in total. The average Bonchev–Trinajstić information content (AvgIpc) is 2.60. The fourth-order valence-electron chi connectivity index (χ4n) is 2.68. The Hall–Kier alpha value is -1.30. The molecule has 6 heteroatoms. The molecule has 0 aromatic carbocycles. The number of ether oxygens (including phenoxy) is 2. The molecule has 23 heavy (non-hydrogen) atoms. The summed E-state index contributed by atoms with van der Waals surface area (Å²) in [5, 5.41) is 6.53. The summed E-state index contributed by atoms with van der Waals surface area (Å²) in [6.45, 7) is 2.47. The molecule has 134 valence electrons. The number of guanidine groups is 1. The second kappa shape index (κ2) is 13.2. The lowest BCUT2D eigenvalue weighted by atomic mass is 9.98. The van der Waals surface area contributed by atoms with Crippen molar-refractivity contribution in [2.24, 2.45) is 4.99 Å². The van der Waals surface area contributed by atoms with Crippen LogP contribution in [0.4, 0.5) is 0 Å². The van der Waals surface area contributed by atoms with Crippen LogP contribution in [0, 0.1) is 0 Å². The summed E-state index contributed by atoms with van der Waals surface area (Å²) in [7, 11) is 3.19. The lowest BCUT2D eigenvalue weighted by molar-refractivity contribution is -0.140. The van der Waals surface area contributed by atoms with E-state index in [4.69, 9.17) is 4.74 Å². The Morgan fingerprint density at radius 1 is 1.09 bits per heavy atom. The third-order valence-electron chi connectivity index (χ3n) is 4.07. The van der Waals surface area contributed by atoms with Gasteiger partial charge in [-0.2, -0.15) is 0 Å². The van der Waals surface area contributed by atoms with Gasteiger partial charge in [0.15, 0.2) is 5.96 Å². The molecule has 0 spiro atoms. The molecule has 1 fully saturated rings. The molecule has 0 amide bonds. The van der Waals surface area contributed by atoms with Gasteiger partial charge in [0.25, 0.3) is 0 Å². The van der Waals surface area contributed by atoms with Crippen LogP contribution < -0.4 is 10.6 Å². The van der Waals surface area contributed by atoms with Crippen LogP contribution in [0.2, 0.25) is 0 Å². The molecule has 0 aliphatic heterocycles. The highest BCUT2D eigenvalue weighted by Gasteiger charge is 2.12. The Morgan fingerprint density at radius 2 is 1.78 bits per heavy atom. The largest absolute Gasteiger partial charge is 0.469 e. The second-order valence-corrected chi connectivity index (χ2v) is 5.94. The lowest BCUT2D eigenvalue weighted by Gasteiger charge is -2.22. The summed E-state index contributed by atoms with van der Waals surface area (Å²) in [5.74, 6) is 0.659. The third-order valence-corrected chi connectivity index (χ3v) is 4.07. The van der Waals surface area contributed by atoms with Crippen molar-refractivity contribution in [3.8, 4) is 0 Å². The van der Waals surface area contributed by atoms with E-state index in [-0.39, 0.29) is 5.97 Å². The van der Waals surface area contributed by atoms with Gasteiger partial charge in [-0.05, 0) is 32.1 Å². The van der Waals surface area contributed by atoms with Crippen LogP contribution in [0.15, 0.2) is 4.99 Å². The predicted molar refractivity (Wildman–Crippen MR) is 92.7 cm³/mol. The van der Waals surface area contributed by atoms with E-state index in [2.05, 4.69) is 20.4 Å². The van der Waals surface area contributed by atoms with Crippen LogP contribution in [0.25, 0.3) is 0 Å².